The lowest BCUT2D eigenvalue weighted by molar-refractivity contribution is -0.144. The minimum Gasteiger partial charge on any atom is -0.490 e. The molecule has 2 aromatic carbocycles. The normalized spacial score (nSPS) is 27.7. The maximum absolute atomic E-state index is 14.6. The van der Waals surface area contributed by atoms with Crippen LogP contribution in [0.25, 0.3) is 11.1 Å². The summed E-state index contributed by atoms with van der Waals surface area (Å²) in [4.78, 5) is 61.7. The van der Waals surface area contributed by atoms with Crippen LogP contribution in [0.15, 0.2) is 72.4 Å². The van der Waals surface area contributed by atoms with Gasteiger partial charge in [-0.2, -0.15) is 0 Å². The highest BCUT2D eigenvalue weighted by Gasteiger charge is 2.62. The lowest BCUT2D eigenvalue weighted by Gasteiger charge is -2.30. The molecule has 15 heteroatoms. The number of hydrogen-bond donors (Lipinski definition) is 3. The number of sulfonamides is 1. The van der Waals surface area contributed by atoms with E-state index in [-0.39, 0.29) is 25.8 Å². The lowest BCUT2D eigenvalue weighted by atomic mass is 9.93. The predicted molar refractivity (Wildman–Crippen MR) is 207 cm³/mol. The Hall–Kier alpha value is -5.18. The Morgan fingerprint density at radius 1 is 1.02 bits per heavy atom. The zero-order chi connectivity index (χ0) is 39.8. The second-order valence-electron chi connectivity index (χ2n) is 16.2. The fraction of sp³-hybridized carbons (Fsp3) is 0.488. The molecule has 298 valence electrons. The summed E-state index contributed by atoms with van der Waals surface area (Å²) >= 11 is 0. The van der Waals surface area contributed by atoms with E-state index in [0.717, 1.165) is 22.3 Å². The number of amides is 4. The van der Waals surface area contributed by atoms with Gasteiger partial charge in [0.2, 0.25) is 21.8 Å². The molecule has 4 aliphatic carbocycles. The number of rotatable bonds is 7. The monoisotopic (exact) mass is 787 g/mol. The third-order valence-corrected chi connectivity index (χ3v) is 12.7. The average molecular weight is 788 g/mol. The van der Waals surface area contributed by atoms with Crippen molar-refractivity contribution in [2.24, 2.45) is 22.9 Å². The first-order valence-electron chi connectivity index (χ1n) is 19.3. The molecule has 5 aliphatic rings. The third kappa shape index (κ3) is 8.32. The Morgan fingerprint density at radius 3 is 2.48 bits per heavy atom. The number of allylic oxidation sites excluding steroid dienone is 1. The van der Waals surface area contributed by atoms with Crippen molar-refractivity contribution < 1.29 is 41.9 Å². The molecule has 0 aromatic heterocycles. The summed E-state index contributed by atoms with van der Waals surface area (Å²) in [6, 6.07) is 13.7. The maximum Gasteiger partial charge on any atom is 0.426 e. The SMILES string of the molecule is C=C[C@H]1C[C@]1(NC(=O)[C@@H]1C[C@@H]2C[C@H]1C(=O)N(NC(=O)OC(C)(C)C)CCCC/C=C/COc1ccc3c(c1)/C(=N\O2)c1ccccc1-3)C(=O)NS(=O)(=O)C1CC1. The highest BCUT2D eigenvalue weighted by atomic mass is 32.2. The molecule has 3 fully saturated rings. The fourth-order valence-electron chi connectivity index (χ4n) is 7.70. The second-order valence-corrected chi connectivity index (χ2v) is 18.1. The summed E-state index contributed by atoms with van der Waals surface area (Å²) < 4.78 is 39.2. The maximum atomic E-state index is 14.6. The van der Waals surface area contributed by atoms with E-state index in [0.29, 0.717) is 50.2 Å². The standard InChI is InChI=1S/C41H49N5O9S/c1-5-25-24-41(25,38(49)45-56(51,52)28-16-17-28)42-36(47)33-22-27-23-34(33)37(48)46(43-39(50)54-40(2,3)4)19-11-7-6-8-12-20-53-26-15-18-30-29-13-9-10-14-31(29)35(44-55-27)32(30)21-26/h5,8-10,12-15,18,21,25,27-28,33-34H,1,6-7,11,16-17,19-20,22-24H2,2-4H3,(H,42,47)(H,43,50)(H,45,49)/b12-8+,44-35-/t25-,27+,33+,34+,41+/m0/s1. The van der Waals surface area contributed by atoms with Gasteiger partial charge < -0.3 is 19.6 Å². The first-order chi connectivity index (χ1) is 26.7. The quantitative estimate of drug-likeness (QED) is 0.281. The molecule has 4 amide bonds. The highest BCUT2D eigenvalue weighted by molar-refractivity contribution is 7.91. The molecule has 5 atom stereocenters. The number of fused-ring (bicyclic) bond motifs is 6. The number of oxime groups is 1. The molecule has 14 nitrogen and oxygen atoms in total. The summed E-state index contributed by atoms with van der Waals surface area (Å²) in [5.41, 5.74) is 4.43. The van der Waals surface area contributed by atoms with Gasteiger partial charge in [-0.15, -0.1) is 6.58 Å². The Balaban J connectivity index is 1.21. The molecule has 0 saturated heterocycles. The summed E-state index contributed by atoms with van der Waals surface area (Å²) in [7, 11) is -3.90. The molecule has 1 heterocycles. The number of nitrogens with zero attached hydrogens (tertiary/aromatic N) is 2. The Morgan fingerprint density at radius 2 is 1.77 bits per heavy atom. The van der Waals surface area contributed by atoms with Gasteiger partial charge in [0.05, 0.1) is 17.1 Å². The molecule has 0 radical (unpaired) electrons. The minimum absolute atomic E-state index is 0.0541. The van der Waals surface area contributed by atoms with Gasteiger partial charge in [0.15, 0.2) is 0 Å². The Labute approximate surface area is 327 Å². The third-order valence-electron chi connectivity index (χ3n) is 10.8. The van der Waals surface area contributed by atoms with E-state index in [1.807, 2.05) is 54.6 Å². The molecule has 0 unspecified atom stereocenters. The van der Waals surface area contributed by atoms with Crippen LogP contribution in [0.1, 0.15) is 83.3 Å². The summed E-state index contributed by atoms with van der Waals surface area (Å²) in [6.45, 7) is 9.43. The van der Waals surface area contributed by atoms with Crippen LogP contribution in [0.4, 0.5) is 4.79 Å². The van der Waals surface area contributed by atoms with E-state index in [1.54, 1.807) is 20.8 Å². The molecule has 1 aliphatic heterocycles. The van der Waals surface area contributed by atoms with Crippen molar-refractivity contribution in [1.29, 1.82) is 0 Å². The van der Waals surface area contributed by atoms with Crippen molar-refractivity contribution >= 4 is 39.5 Å². The van der Waals surface area contributed by atoms with Gasteiger partial charge in [0.25, 0.3) is 5.91 Å². The van der Waals surface area contributed by atoms with Crippen molar-refractivity contribution in [3.8, 4) is 16.9 Å². The van der Waals surface area contributed by atoms with Crippen molar-refractivity contribution in [2.45, 2.75) is 94.6 Å². The van der Waals surface area contributed by atoms with E-state index in [4.69, 9.17) is 14.3 Å². The van der Waals surface area contributed by atoms with Gasteiger partial charge >= 0.3 is 6.09 Å². The van der Waals surface area contributed by atoms with E-state index < -0.39 is 74.1 Å². The van der Waals surface area contributed by atoms with Crippen LogP contribution in [-0.2, 0) is 34.0 Å². The fourth-order valence-corrected chi connectivity index (χ4v) is 9.07. The smallest absolute Gasteiger partial charge is 0.426 e. The number of hydrazine groups is 1. The largest absolute Gasteiger partial charge is 0.490 e. The van der Waals surface area contributed by atoms with E-state index in [2.05, 4.69) is 27.2 Å². The van der Waals surface area contributed by atoms with Gasteiger partial charge in [-0.1, -0.05) is 47.6 Å². The lowest BCUT2D eigenvalue weighted by Crippen LogP contribution is -2.55. The summed E-state index contributed by atoms with van der Waals surface area (Å²) in [5.74, 6) is -3.85. The van der Waals surface area contributed by atoms with Crippen LogP contribution in [0.5, 0.6) is 5.75 Å². The van der Waals surface area contributed by atoms with Gasteiger partial charge in [-0.05, 0) is 101 Å². The first kappa shape index (κ1) is 39.1. The van der Waals surface area contributed by atoms with Crippen molar-refractivity contribution in [3.63, 3.8) is 0 Å². The number of benzene rings is 2. The zero-order valence-electron chi connectivity index (χ0n) is 31.9. The van der Waals surface area contributed by atoms with E-state index in [1.165, 1.54) is 11.1 Å². The number of carbonyl (C=O) groups excluding carboxylic acids is 4. The van der Waals surface area contributed by atoms with Crippen LogP contribution in [0.2, 0.25) is 0 Å². The van der Waals surface area contributed by atoms with E-state index >= 15 is 0 Å². The van der Waals surface area contributed by atoms with Crippen LogP contribution >= 0.6 is 0 Å². The van der Waals surface area contributed by atoms with Crippen LogP contribution in [-0.4, -0.2) is 78.6 Å². The number of ether oxygens (including phenoxy) is 2. The topological polar surface area (TPSA) is 182 Å². The van der Waals surface area contributed by atoms with Gasteiger partial charge in [0, 0.05) is 23.6 Å². The molecule has 7 rings (SSSR count). The second kappa shape index (κ2) is 15.4. The molecular formula is C41H49N5O9S. The van der Waals surface area contributed by atoms with E-state index in [9.17, 15) is 27.6 Å². The molecular weight excluding hydrogens is 739 g/mol. The van der Waals surface area contributed by atoms with Crippen molar-refractivity contribution in [1.82, 2.24) is 20.5 Å². The first-order valence-corrected chi connectivity index (χ1v) is 20.8. The number of carbonyl (C=O) groups is 4. The number of nitrogens with one attached hydrogen (secondary N) is 3. The van der Waals surface area contributed by atoms with Crippen LogP contribution in [0, 0.1) is 17.8 Å². The molecule has 3 saturated carbocycles. The average Bonchev–Trinajstić information content (AvgIpc) is 4.06. The highest BCUT2D eigenvalue weighted by Crippen LogP contribution is 2.47. The van der Waals surface area contributed by atoms with Gasteiger partial charge in [0.1, 0.15) is 35.3 Å². The summed E-state index contributed by atoms with van der Waals surface area (Å²) in [5, 5.41) is 8.04. The zero-order valence-corrected chi connectivity index (χ0v) is 32.7. The summed E-state index contributed by atoms with van der Waals surface area (Å²) in [6.07, 6.45) is 7.01. The Bertz CT molecular complexity index is 2090. The van der Waals surface area contributed by atoms with Crippen LogP contribution < -0.4 is 20.2 Å². The molecule has 56 heavy (non-hydrogen) atoms. The molecule has 3 N–H and O–H groups in total. The molecule has 0 spiro atoms. The van der Waals surface area contributed by atoms with Crippen LogP contribution in [0.3, 0.4) is 0 Å². The predicted octanol–water partition coefficient (Wildman–Crippen LogP) is 4.89. The van der Waals surface area contributed by atoms with Gasteiger partial charge in [-0.25, -0.2) is 18.6 Å². The van der Waals surface area contributed by atoms with Crippen molar-refractivity contribution in [3.05, 3.63) is 78.4 Å². The molecule has 4 bridgehead atoms. The van der Waals surface area contributed by atoms with Gasteiger partial charge in [-0.3, -0.25) is 24.1 Å². The van der Waals surface area contributed by atoms with Crippen molar-refractivity contribution in [2.75, 3.05) is 13.2 Å². The number of hydrogen-bond acceptors (Lipinski definition) is 10. The minimum atomic E-state index is -3.90. The Kier molecular flexibility index (Phi) is 10.7. The molecule has 2 aromatic rings.